The first kappa shape index (κ1) is 13.4. The number of carbonyl (C=O) groups excluding carboxylic acids is 1. The number of halogens is 1. The molecule has 2 aromatic rings. The second-order valence-electron chi connectivity index (χ2n) is 3.25. The van der Waals surface area contributed by atoms with Crippen LogP contribution in [0.2, 0.25) is 0 Å². The van der Waals surface area contributed by atoms with Gasteiger partial charge in [-0.25, -0.2) is 9.78 Å². The third-order valence-electron chi connectivity index (χ3n) is 1.88. The third-order valence-corrected chi connectivity index (χ3v) is 2.02. The zero-order valence-electron chi connectivity index (χ0n) is 9.61. The van der Waals surface area contributed by atoms with Crippen molar-refractivity contribution in [1.82, 2.24) is 10.3 Å². The summed E-state index contributed by atoms with van der Waals surface area (Å²) in [7, 11) is 3.75. The molecule has 0 fully saturated rings. The average molecular weight is 253 g/mol. The van der Waals surface area contributed by atoms with Gasteiger partial charge in [-0.15, -0.1) is 0 Å². The lowest BCUT2D eigenvalue weighted by Gasteiger charge is -1.98. The Balaban J connectivity index is 0.000000437. The highest BCUT2D eigenvalue weighted by Gasteiger charge is 2.08. The molecule has 0 aliphatic rings. The van der Waals surface area contributed by atoms with Gasteiger partial charge in [0.2, 0.25) is 0 Å². The highest BCUT2D eigenvalue weighted by atomic mass is 35.5. The van der Waals surface area contributed by atoms with Crippen molar-refractivity contribution in [3.63, 3.8) is 0 Å². The van der Waals surface area contributed by atoms with Crippen LogP contribution < -0.4 is 5.32 Å². The van der Waals surface area contributed by atoms with Crippen molar-refractivity contribution in [3.8, 4) is 0 Å². The number of aromatic nitrogens is 1. The molecular formula is C12H13ClN2O2. The Hall–Kier alpha value is -1.65. The summed E-state index contributed by atoms with van der Waals surface area (Å²) >= 11 is 4.95. The van der Waals surface area contributed by atoms with E-state index in [0.29, 0.717) is 0 Å². The number of rotatable bonds is 1. The van der Waals surface area contributed by atoms with E-state index in [1.807, 2.05) is 38.4 Å². The van der Waals surface area contributed by atoms with E-state index < -0.39 is 5.97 Å². The fourth-order valence-electron chi connectivity index (χ4n) is 1.22. The first-order valence-electron chi connectivity index (χ1n) is 5.00. The lowest BCUT2D eigenvalue weighted by molar-refractivity contribution is 0.0745. The molecule has 1 aromatic carbocycles. The number of hydrogen-bond donors (Lipinski definition) is 1. The van der Waals surface area contributed by atoms with Crippen molar-refractivity contribution in [2.24, 2.45) is 0 Å². The minimum atomic E-state index is -0.641. The summed E-state index contributed by atoms with van der Waals surface area (Å²) in [5, 5.41) is 3.72. The van der Waals surface area contributed by atoms with Crippen LogP contribution in [0, 0.1) is 0 Å². The topological polar surface area (TPSA) is 51.2 Å². The van der Waals surface area contributed by atoms with E-state index in [9.17, 15) is 4.79 Å². The summed E-state index contributed by atoms with van der Waals surface area (Å²) in [5.41, 5.74) is 0.950. The lowest BCUT2D eigenvalue weighted by atomic mass is 10.2. The van der Waals surface area contributed by atoms with Crippen molar-refractivity contribution < 1.29 is 9.08 Å². The fraction of sp³-hybridized carbons (Fsp3) is 0.167. The maximum atomic E-state index is 11.0. The number of para-hydroxylation sites is 1. The maximum absolute atomic E-state index is 11.0. The van der Waals surface area contributed by atoms with Crippen molar-refractivity contribution >= 4 is 28.7 Å². The van der Waals surface area contributed by atoms with Gasteiger partial charge in [0, 0.05) is 5.39 Å². The second-order valence-corrected chi connectivity index (χ2v) is 3.41. The molecule has 0 aliphatic carbocycles. The van der Waals surface area contributed by atoms with Gasteiger partial charge in [0.25, 0.3) is 0 Å². The molecule has 1 N–H and O–H groups in total. The molecule has 17 heavy (non-hydrogen) atoms. The molecule has 0 aliphatic heterocycles. The molecule has 0 spiro atoms. The predicted molar refractivity (Wildman–Crippen MR) is 68.0 cm³/mol. The van der Waals surface area contributed by atoms with E-state index in [-0.39, 0.29) is 5.69 Å². The van der Waals surface area contributed by atoms with E-state index in [4.69, 9.17) is 11.9 Å². The maximum Gasteiger partial charge on any atom is 0.374 e. The van der Waals surface area contributed by atoms with Crippen molar-refractivity contribution in [1.29, 1.82) is 0 Å². The van der Waals surface area contributed by atoms with Crippen LogP contribution in [0.1, 0.15) is 10.5 Å². The smallest absolute Gasteiger partial charge is 0.342 e. The zero-order valence-corrected chi connectivity index (χ0v) is 10.4. The number of fused-ring (bicyclic) bond motifs is 1. The molecule has 0 atom stereocenters. The van der Waals surface area contributed by atoms with Gasteiger partial charge in [-0.05, 0) is 26.2 Å². The van der Waals surface area contributed by atoms with E-state index in [2.05, 4.69) is 14.6 Å². The van der Waals surface area contributed by atoms with Crippen LogP contribution in [0.25, 0.3) is 10.9 Å². The van der Waals surface area contributed by atoms with Crippen molar-refractivity contribution in [2.45, 2.75) is 0 Å². The molecule has 0 saturated carbocycles. The minimum Gasteiger partial charge on any atom is -0.342 e. The van der Waals surface area contributed by atoms with E-state index >= 15 is 0 Å². The fourth-order valence-corrected chi connectivity index (χ4v) is 1.30. The monoisotopic (exact) mass is 252 g/mol. The summed E-state index contributed by atoms with van der Waals surface area (Å²) in [6.07, 6.45) is 0. The molecular weight excluding hydrogens is 240 g/mol. The Morgan fingerprint density at radius 3 is 2.53 bits per heavy atom. The van der Waals surface area contributed by atoms with E-state index in [1.54, 1.807) is 12.1 Å². The first-order valence-corrected chi connectivity index (χ1v) is 5.31. The Morgan fingerprint density at radius 1 is 1.24 bits per heavy atom. The molecule has 2 rings (SSSR count). The second kappa shape index (κ2) is 6.83. The summed E-state index contributed by atoms with van der Waals surface area (Å²) in [4.78, 5) is 15.1. The molecule has 0 bridgehead atoms. The third kappa shape index (κ3) is 3.69. The summed E-state index contributed by atoms with van der Waals surface area (Å²) in [6.45, 7) is 0. The van der Waals surface area contributed by atoms with Crippen LogP contribution in [0.5, 0.6) is 0 Å². The quantitative estimate of drug-likeness (QED) is 0.847. The molecule has 4 nitrogen and oxygen atoms in total. The zero-order chi connectivity index (χ0) is 12.7. The van der Waals surface area contributed by atoms with Gasteiger partial charge in [0.1, 0.15) is 11.9 Å². The van der Waals surface area contributed by atoms with E-state index in [1.165, 1.54) is 0 Å². The summed E-state index contributed by atoms with van der Waals surface area (Å²) < 4.78 is 4.06. The number of hydrogen-bond acceptors (Lipinski definition) is 4. The largest absolute Gasteiger partial charge is 0.374 e. The summed E-state index contributed by atoms with van der Waals surface area (Å²) in [6, 6.07) is 10.9. The Labute approximate surface area is 105 Å². The van der Waals surface area contributed by atoms with Crippen molar-refractivity contribution in [3.05, 3.63) is 42.1 Å². The lowest BCUT2D eigenvalue weighted by Crippen LogP contribution is -2.00. The SMILES string of the molecule is CNC.O=C(OCl)c1ccc2ccccc2n1. The van der Waals surface area contributed by atoms with Gasteiger partial charge >= 0.3 is 5.97 Å². The molecule has 0 unspecified atom stereocenters. The number of nitrogens with one attached hydrogen (secondary N) is 1. The number of carbonyl (C=O) groups is 1. The van der Waals surface area contributed by atoms with Crippen molar-refractivity contribution in [2.75, 3.05) is 14.1 Å². The van der Waals surface area contributed by atoms with Crippen LogP contribution in [-0.4, -0.2) is 25.0 Å². The molecule has 1 aromatic heterocycles. The predicted octanol–water partition coefficient (Wildman–Crippen LogP) is 2.38. The molecule has 90 valence electrons. The Bertz CT molecular complexity index is 503. The molecule has 0 amide bonds. The molecule has 0 saturated heterocycles. The minimum absolute atomic E-state index is 0.207. The normalized spacial score (nSPS) is 9.35. The van der Waals surface area contributed by atoms with Crippen LogP contribution in [0.15, 0.2) is 36.4 Å². The van der Waals surface area contributed by atoms with Crippen LogP contribution >= 0.6 is 11.9 Å². The van der Waals surface area contributed by atoms with E-state index in [0.717, 1.165) is 10.9 Å². The standard InChI is InChI=1S/C10H6ClNO2.C2H7N/c11-14-10(13)9-6-5-7-3-1-2-4-8(7)12-9;1-3-2/h1-6H;3H,1-2H3. The number of pyridine rings is 1. The van der Waals surface area contributed by atoms with Gasteiger partial charge in [0.05, 0.1) is 5.52 Å². The van der Waals surface area contributed by atoms with Gasteiger partial charge < -0.3 is 9.61 Å². The molecule has 1 heterocycles. The van der Waals surface area contributed by atoms with Gasteiger partial charge in [0.15, 0.2) is 5.69 Å². The number of nitrogens with zero attached hydrogens (tertiary/aromatic N) is 1. The summed E-state index contributed by atoms with van der Waals surface area (Å²) in [5.74, 6) is -0.641. The number of benzene rings is 1. The van der Waals surface area contributed by atoms with Gasteiger partial charge in [-0.3, -0.25) is 0 Å². The molecule has 0 radical (unpaired) electrons. The van der Waals surface area contributed by atoms with Gasteiger partial charge in [-0.2, -0.15) is 0 Å². The van der Waals surface area contributed by atoms with Crippen LogP contribution in [0.4, 0.5) is 0 Å². The average Bonchev–Trinajstić information content (AvgIpc) is 2.38. The van der Waals surface area contributed by atoms with Crippen LogP contribution in [-0.2, 0) is 4.29 Å². The highest BCUT2D eigenvalue weighted by molar-refractivity contribution is 6.15. The van der Waals surface area contributed by atoms with Gasteiger partial charge in [-0.1, -0.05) is 24.3 Å². The highest BCUT2D eigenvalue weighted by Crippen LogP contribution is 2.12. The first-order chi connectivity index (χ1) is 8.22. The Morgan fingerprint density at radius 2 is 1.88 bits per heavy atom. The van der Waals surface area contributed by atoms with Crippen LogP contribution in [0.3, 0.4) is 0 Å². The molecule has 5 heteroatoms. The Kier molecular flexibility index (Phi) is 5.39.